The number of hydrogen-bond donors (Lipinski definition) is 1. The topological polar surface area (TPSA) is 84.3 Å². The molecule has 1 fully saturated rings. The van der Waals surface area contributed by atoms with Gasteiger partial charge in [-0.25, -0.2) is 18.1 Å². The molecule has 7 nitrogen and oxygen atoms in total. The van der Waals surface area contributed by atoms with Gasteiger partial charge >= 0.3 is 0 Å². The van der Waals surface area contributed by atoms with Crippen molar-refractivity contribution in [3.8, 4) is 0 Å². The third-order valence-corrected chi connectivity index (χ3v) is 4.28. The third kappa shape index (κ3) is 3.80. The van der Waals surface area contributed by atoms with Crippen LogP contribution in [-0.4, -0.2) is 54.2 Å². The van der Waals surface area contributed by atoms with Crippen LogP contribution < -0.4 is 4.72 Å². The van der Waals surface area contributed by atoms with Gasteiger partial charge in [0.05, 0.1) is 12.6 Å². The molecular weight excluding hydrogens is 280 g/mol. The van der Waals surface area contributed by atoms with E-state index in [0.29, 0.717) is 25.9 Å². The average molecular weight is 300 g/mol. The molecule has 0 saturated carbocycles. The second kappa shape index (κ2) is 5.92. The van der Waals surface area contributed by atoms with Crippen LogP contribution in [0.4, 0.5) is 0 Å². The third-order valence-electron chi connectivity index (χ3n) is 3.52. The van der Waals surface area contributed by atoms with Gasteiger partial charge in [0.1, 0.15) is 6.04 Å². The number of carbonyl (C=O) groups is 1. The van der Waals surface area contributed by atoms with Crippen molar-refractivity contribution >= 4 is 15.9 Å². The quantitative estimate of drug-likeness (QED) is 0.847. The second-order valence-corrected chi connectivity index (χ2v) is 6.96. The minimum absolute atomic E-state index is 0.0424. The molecule has 8 heteroatoms. The van der Waals surface area contributed by atoms with Gasteiger partial charge in [0.15, 0.2) is 0 Å². The Balaban J connectivity index is 1.89. The van der Waals surface area contributed by atoms with Crippen molar-refractivity contribution in [2.45, 2.75) is 31.8 Å². The number of nitrogens with zero attached hydrogens (tertiary/aromatic N) is 3. The first-order chi connectivity index (χ1) is 9.37. The summed E-state index contributed by atoms with van der Waals surface area (Å²) in [5, 5.41) is 0. The lowest BCUT2D eigenvalue weighted by molar-refractivity contribution is -0.135. The predicted octanol–water partition coefficient (Wildman–Crippen LogP) is -0.0157. The van der Waals surface area contributed by atoms with Crippen molar-refractivity contribution in [1.82, 2.24) is 19.2 Å². The van der Waals surface area contributed by atoms with E-state index in [4.69, 9.17) is 0 Å². The molecule has 1 saturated heterocycles. The summed E-state index contributed by atoms with van der Waals surface area (Å²) >= 11 is 0. The van der Waals surface area contributed by atoms with Crippen LogP contribution in [-0.2, 0) is 14.8 Å². The van der Waals surface area contributed by atoms with Gasteiger partial charge in [-0.1, -0.05) is 0 Å². The molecule has 1 N–H and O–H groups in total. The summed E-state index contributed by atoms with van der Waals surface area (Å²) in [7, 11) is -3.18. The molecule has 1 aromatic rings. The van der Waals surface area contributed by atoms with Crippen molar-refractivity contribution in [3.63, 3.8) is 0 Å². The lowest BCUT2D eigenvalue weighted by Crippen LogP contribution is -2.47. The molecule has 0 aliphatic carbocycles. The molecule has 2 rings (SSSR count). The molecule has 1 aliphatic rings. The molecule has 1 amide bonds. The summed E-state index contributed by atoms with van der Waals surface area (Å²) in [4.78, 5) is 18.0. The van der Waals surface area contributed by atoms with Crippen LogP contribution in [0.1, 0.15) is 25.8 Å². The van der Waals surface area contributed by atoms with Crippen molar-refractivity contribution < 1.29 is 13.2 Å². The maximum atomic E-state index is 12.3. The number of nitrogens with one attached hydrogen (secondary N) is 1. The molecule has 0 radical (unpaired) electrons. The standard InChI is InChI=1S/C12H20N4O3S/c1-10(16-8-5-13-9-16)12(17)15-6-3-11(4-7-15)14-20(2,18)19/h5,8-11,14H,3-4,6-7H2,1-2H3/t10-/m1/s1. The Morgan fingerprint density at radius 2 is 2.05 bits per heavy atom. The van der Waals surface area contributed by atoms with Gasteiger partial charge < -0.3 is 9.47 Å². The van der Waals surface area contributed by atoms with Gasteiger partial charge in [0.2, 0.25) is 15.9 Å². The molecule has 0 unspecified atom stereocenters. The number of hydrogen-bond acceptors (Lipinski definition) is 4. The van der Waals surface area contributed by atoms with E-state index in [1.54, 1.807) is 28.2 Å². The van der Waals surface area contributed by atoms with E-state index < -0.39 is 10.0 Å². The molecule has 0 spiro atoms. The zero-order chi connectivity index (χ0) is 14.8. The Kier molecular flexibility index (Phi) is 4.44. The summed E-state index contributed by atoms with van der Waals surface area (Å²) in [6.07, 6.45) is 7.49. The number of sulfonamides is 1. The fourth-order valence-electron chi connectivity index (χ4n) is 2.41. The van der Waals surface area contributed by atoms with Crippen LogP contribution in [0.5, 0.6) is 0 Å². The molecule has 1 aliphatic heterocycles. The number of piperidine rings is 1. The lowest BCUT2D eigenvalue weighted by atomic mass is 10.1. The van der Waals surface area contributed by atoms with Crippen molar-refractivity contribution in [2.75, 3.05) is 19.3 Å². The Morgan fingerprint density at radius 3 is 2.55 bits per heavy atom. The predicted molar refractivity (Wildman–Crippen MR) is 74.5 cm³/mol. The molecule has 1 aromatic heterocycles. The number of likely N-dealkylation sites (tertiary alicyclic amines) is 1. The Bertz CT molecular complexity index is 547. The number of aromatic nitrogens is 2. The van der Waals surface area contributed by atoms with Crippen LogP contribution in [0.15, 0.2) is 18.7 Å². The highest BCUT2D eigenvalue weighted by Gasteiger charge is 2.27. The average Bonchev–Trinajstić information content (AvgIpc) is 2.90. The highest BCUT2D eigenvalue weighted by molar-refractivity contribution is 7.88. The molecule has 2 heterocycles. The number of carbonyl (C=O) groups excluding carboxylic acids is 1. The van der Waals surface area contributed by atoms with Crippen LogP contribution >= 0.6 is 0 Å². The minimum Gasteiger partial charge on any atom is -0.341 e. The summed E-state index contributed by atoms with van der Waals surface area (Å²) in [6.45, 7) is 2.99. The van der Waals surface area contributed by atoms with Gasteiger partial charge in [0, 0.05) is 31.5 Å². The van der Waals surface area contributed by atoms with E-state index in [9.17, 15) is 13.2 Å². The zero-order valence-electron chi connectivity index (χ0n) is 11.7. The van der Waals surface area contributed by atoms with Gasteiger partial charge in [0.25, 0.3) is 0 Å². The van der Waals surface area contributed by atoms with E-state index >= 15 is 0 Å². The maximum absolute atomic E-state index is 12.3. The van der Waals surface area contributed by atoms with Gasteiger partial charge in [-0.2, -0.15) is 0 Å². The fourth-order valence-corrected chi connectivity index (χ4v) is 3.25. The lowest BCUT2D eigenvalue weighted by Gasteiger charge is -2.33. The highest BCUT2D eigenvalue weighted by Crippen LogP contribution is 2.16. The SMILES string of the molecule is C[C@H](C(=O)N1CCC(NS(C)(=O)=O)CC1)n1ccnc1. The van der Waals surface area contributed by atoms with Gasteiger partial charge in [-0.05, 0) is 19.8 Å². The number of imidazole rings is 1. The van der Waals surface area contributed by atoms with Crippen LogP contribution in [0, 0.1) is 0 Å². The Labute approximate surface area is 119 Å². The maximum Gasteiger partial charge on any atom is 0.245 e. The molecule has 1 atom stereocenters. The largest absolute Gasteiger partial charge is 0.341 e. The monoisotopic (exact) mass is 300 g/mol. The second-order valence-electron chi connectivity index (χ2n) is 5.18. The minimum atomic E-state index is -3.18. The first-order valence-electron chi connectivity index (χ1n) is 6.60. The highest BCUT2D eigenvalue weighted by atomic mass is 32.2. The first-order valence-corrected chi connectivity index (χ1v) is 8.49. The fraction of sp³-hybridized carbons (Fsp3) is 0.667. The van der Waals surface area contributed by atoms with Crippen LogP contribution in [0.3, 0.4) is 0 Å². The molecule has 20 heavy (non-hydrogen) atoms. The molecule has 0 aromatic carbocycles. The van der Waals surface area contributed by atoms with Gasteiger partial charge in [-0.3, -0.25) is 4.79 Å². The Morgan fingerprint density at radius 1 is 1.40 bits per heavy atom. The van der Waals surface area contributed by atoms with E-state index in [0.717, 1.165) is 6.26 Å². The molecular formula is C12H20N4O3S. The van der Waals surface area contributed by atoms with Gasteiger partial charge in [-0.15, -0.1) is 0 Å². The Hall–Kier alpha value is -1.41. The van der Waals surface area contributed by atoms with Crippen LogP contribution in [0.25, 0.3) is 0 Å². The summed E-state index contributed by atoms with van der Waals surface area (Å²) in [5.41, 5.74) is 0. The van der Waals surface area contributed by atoms with E-state index in [1.807, 2.05) is 6.92 Å². The summed E-state index contributed by atoms with van der Waals surface area (Å²) < 4.78 is 26.7. The normalized spacial score (nSPS) is 19.0. The van der Waals surface area contributed by atoms with Crippen LogP contribution in [0.2, 0.25) is 0 Å². The molecule has 112 valence electrons. The van der Waals surface area contributed by atoms with E-state index in [-0.39, 0.29) is 18.0 Å². The summed E-state index contributed by atoms with van der Waals surface area (Å²) in [6, 6.07) is -0.352. The van der Waals surface area contributed by atoms with Crippen molar-refractivity contribution in [1.29, 1.82) is 0 Å². The van der Waals surface area contributed by atoms with Crippen molar-refractivity contribution in [2.24, 2.45) is 0 Å². The van der Waals surface area contributed by atoms with Crippen molar-refractivity contribution in [3.05, 3.63) is 18.7 Å². The van der Waals surface area contributed by atoms with E-state index in [1.165, 1.54) is 0 Å². The zero-order valence-corrected chi connectivity index (χ0v) is 12.5. The molecule has 0 bridgehead atoms. The summed E-state index contributed by atoms with van der Waals surface area (Å²) in [5.74, 6) is 0.0424. The van der Waals surface area contributed by atoms with E-state index in [2.05, 4.69) is 9.71 Å². The first kappa shape index (κ1) is 15.0. The number of rotatable bonds is 4. The smallest absolute Gasteiger partial charge is 0.245 e. The number of amides is 1.